The zero-order valence-electron chi connectivity index (χ0n) is 17.4. The van der Waals surface area contributed by atoms with Crippen molar-refractivity contribution in [3.63, 3.8) is 0 Å². The van der Waals surface area contributed by atoms with E-state index in [9.17, 15) is 0 Å². The van der Waals surface area contributed by atoms with E-state index in [-0.39, 0.29) is 6.29 Å². The topological polar surface area (TPSA) is 49.3 Å². The zero-order chi connectivity index (χ0) is 21.0. The van der Waals surface area contributed by atoms with Crippen molar-refractivity contribution < 1.29 is 18.9 Å². The highest BCUT2D eigenvalue weighted by atomic mass is 16.7. The van der Waals surface area contributed by atoms with E-state index in [1.807, 2.05) is 78.9 Å². The summed E-state index contributed by atoms with van der Waals surface area (Å²) < 4.78 is 22.4. The SMILES string of the molecule is COC(CN=Cc1ccc(OCc2ccccc2)c(OCc2ccccc2)c1)OC. The van der Waals surface area contributed by atoms with Crippen LogP contribution in [0.4, 0.5) is 0 Å². The third kappa shape index (κ3) is 6.72. The summed E-state index contributed by atoms with van der Waals surface area (Å²) in [4.78, 5) is 4.39. The standard InChI is InChI=1S/C25H27NO4/c1-27-25(28-2)17-26-16-22-13-14-23(29-18-20-9-5-3-6-10-20)24(15-22)30-19-21-11-7-4-8-12-21/h3-16,25H,17-19H2,1-2H3. The van der Waals surface area contributed by atoms with E-state index in [0.717, 1.165) is 16.7 Å². The van der Waals surface area contributed by atoms with Gasteiger partial charge < -0.3 is 18.9 Å². The van der Waals surface area contributed by atoms with Gasteiger partial charge in [0.05, 0.1) is 6.54 Å². The molecule has 3 rings (SSSR count). The van der Waals surface area contributed by atoms with Crippen LogP contribution in [0.3, 0.4) is 0 Å². The maximum atomic E-state index is 6.09. The molecule has 0 saturated carbocycles. The molecule has 0 spiro atoms. The van der Waals surface area contributed by atoms with E-state index in [2.05, 4.69) is 4.99 Å². The molecule has 0 fully saturated rings. The Morgan fingerprint density at radius 3 is 1.87 bits per heavy atom. The highest BCUT2D eigenvalue weighted by molar-refractivity contribution is 5.80. The highest BCUT2D eigenvalue weighted by Crippen LogP contribution is 2.29. The molecule has 0 aliphatic rings. The minimum absolute atomic E-state index is 0.358. The second kappa shape index (κ2) is 11.8. The Kier molecular flexibility index (Phi) is 8.45. The van der Waals surface area contributed by atoms with Crippen LogP contribution in [0.5, 0.6) is 11.5 Å². The van der Waals surface area contributed by atoms with Crippen molar-refractivity contribution >= 4 is 6.21 Å². The number of benzene rings is 3. The van der Waals surface area contributed by atoms with E-state index < -0.39 is 0 Å². The van der Waals surface area contributed by atoms with E-state index in [1.165, 1.54) is 0 Å². The van der Waals surface area contributed by atoms with E-state index in [4.69, 9.17) is 18.9 Å². The van der Waals surface area contributed by atoms with Gasteiger partial charge in [0.25, 0.3) is 0 Å². The molecule has 0 heterocycles. The first-order chi connectivity index (χ1) is 14.8. The predicted octanol–water partition coefficient (Wildman–Crippen LogP) is 4.88. The molecule has 3 aromatic rings. The molecule has 30 heavy (non-hydrogen) atoms. The Hall–Kier alpha value is -3.15. The van der Waals surface area contributed by atoms with Crippen molar-refractivity contribution in [1.29, 1.82) is 0 Å². The Morgan fingerprint density at radius 2 is 1.30 bits per heavy atom. The van der Waals surface area contributed by atoms with Crippen LogP contribution in [0.2, 0.25) is 0 Å². The number of methoxy groups -OCH3 is 2. The molecule has 0 saturated heterocycles. The summed E-state index contributed by atoms with van der Waals surface area (Å²) >= 11 is 0. The van der Waals surface area contributed by atoms with Gasteiger partial charge in [-0.25, -0.2) is 0 Å². The lowest BCUT2D eigenvalue weighted by atomic mass is 10.2. The van der Waals surface area contributed by atoms with Crippen LogP contribution in [0.25, 0.3) is 0 Å². The van der Waals surface area contributed by atoms with Crippen molar-refractivity contribution in [2.24, 2.45) is 4.99 Å². The minimum atomic E-state index is -0.358. The van der Waals surface area contributed by atoms with Crippen molar-refractivity contribution in [2.45, 2.75) is 19.5 Å². The van der Waals surface area contributed by atoms with Gasteiger partial charge in [0.15, 0.2) is 17.8 Å². The fourth-order valence-electron chi connectivity index (χ4n) is 2.80. The maximum absolute atomic E-state index is 6.09. The molecule has 5 heteroatoms. The van der Waals surface area contributed by atoms with Crippen LogP contribution in [0, 0.1) is 0 Å². The molecule has 0 amide bonds. The fourth-order valence-corrected chi connectivity index (χ4v) is 2.80. The van der Waals surface area contributed by atoms with Gasteiger partial charge >= 0.3 is 0 Å². The quantitative estimate of drug-likeness (QED) is 0.337. The lowest BCUT2D eigenvalue weighted by Gasteiger charge is -2.14. The predicted molar refractivity (Wildman–Crippen MR) is 118 cm³/mol. The third-order valence-corrected chi connectivity index (χ3v) is 4.46. The average Bonchev–Trinajstić information content (AvgIpc) is 2.81. The van der Waals surface area contributed by atoms with Gasteiger partial charge in [-0.05, 0) is 34.9 Å². The zero-order valence-corrected chi connectivity index (χ0v) is 17.4. The van der Waals surface area contributed by atoms with Gasteiger partial charge in [-0.15, -0.1) is 0 Å². The molecule has 0 N–H and O–H groups in total. The van der Waals surface area contributed by atoms with Crippen molar-refractivity contribution in [1.82, 2.24) is 0 Å². The van der Waals surface area contributed by atoms with Crippen LogP contribution >= 0.6 is 0 Å². The third-order valence-electron chi connectivity index (χ3n) is 4.46. The molecular weight excluding hydrogens is 378 g/mol. The van der Waals surface area contributed by atoms with Crippen LogP contribution < -0.4 is 9.47 Å². The van der Waals surface area contributed by atoms with Crippen molar-refractivity contribution in [2.75, 3.05) is 20.8 Å². The van der Waals surface area contributed by atoms with Crippen LogP contribution in [-0.4, -0.2) is 33.3 Å². The van der Waals surface area contributed by atoms with E-state index in [0.29, 0.717) is 31.3 Å². The monoisotopic (exact) mass is 405 g/mol. The molecule has 0 radical (unpaired) electrons. The van der Waals surface area contributed by atoms with Gasteiger partial charge in [-0.2, -0.15) is 0 Å². The number of hydrogen-bond acceptors (Lipinski definition) is 5. The minimum Gasteiger partial charge on any atom is -0.485 e. The summed E-state index contributed by atoms with van der Waals surface area (Å²) in [6.45, 7) is 1.34. The summed E-state index contributed by atoms with van der Waals surface area (Å²) in [6, 6.07) is 25.9. The highest BCUT2D eigenvalue weighted by Gasteiger charge is 2.08. The Labute approximate surface area is 177 Å². The van der Waals surface area contributed by atoms with Gasteiger partial charge in [-0.3, -0.25) is 4.99 Å². The van der Waals surface area contributed by atoms with Crippen LogP contribution in [-0.2, 0) is 22.7 Å². The van der Waals surface area contributed by atoms with Gasteiger partial charge in [0.2, 0.25) is 0 Å². The van der Waals surface area contributed by atoms with Crippen LogP contribution in [0.1, 0.15) is 16.7 Å². The van der Waals surface area contributed by atoms with Gasteiger partial charge in [0.1, 0.15) is 13.2 Å². The first-order valence-corrected chi connectivity index (χ1v) is 9.81. The second-order valence-corrected chi connectivity index (χ2v) is 6.65. The summed E-state index contributed by atoms with van der Waals surface area (Å²) in [7, 11) is 3.19. The number of rotatable bonds is 11. The summed E-state index contributed by atoms with van der Waals surface area (Å²) in [5, 5.41) is 0. The molecule has 0 aromatic heterocycles. The smallest absolute Gasteiger partial charge is 0.176 e. The van der Waals surface area contributed by atoms with Gasteiger partial charge in [-0.1, -0.05) is 60.7 Å². The molecule has 0 aliphatic carbocycles. The second-order valence-electron chi connectivity index (χ2n) is 6.65. The molecule has 0 atom stereocenters. The first kappa shape index (κ1) is 21.6. The average molecular weight is 405 g/mol. The lowest BCUT2D eigenvalue weighted by molar-refractivity contribution is -0.0936. The Bertz CT molecular complexity index is 909. The van der Waals surface area contributed by atoms with E-state index in [1.54, 1.807) is 20.4 Å². The fraction of sp³-hybridized carbons (Fsp3) is 0.240. The summed E-state index contributed by atoms with van der Waals surface area (Å²) in [5.41, 5.74) is 3.10. The number of hydrogen-bond donors (Lipinski definition) is 0. The molecule has 0 bridgehead atoms. The van der Waals surface area contributed by atoms with E-state index >= 15 is 0 Å². The van der Waals surface area contributed by atoms with Crippen molar-refractivity contribution in [3.8, 4) is 11.5 Å². The number of ether oxygens (including phenoxy) is 4. The molecule has 5 nitrogen and oxygen atoms in total. The molecule has 3 aromatic carbocycles. The normalized spacial score (nSPS) is 11.2. The summed E-state index contributed by atoms with van der Waals surface area (Å²) in [5.74, 6) is 1.37. The molecule has 156 valence electrons. The molecular formula is C25H27NO4. The molecule has 0 unspecified atom stereocenters. The summed E-state index contributed by atoms with van der Waals surface area (Å²) in [6.07, 6.45) is 1.42. The van der Waals surface area contributed by atoms with Gasteiger partial charge in [0, 0.05) is 20.4 Å². The first-order valence-electron chi connectivity index (χ1n) is 9.81. The maximum Gasteiger partial charge on any atom is 0.176 e. The largest absolute Gasteiger partial charge is 0.485 e. The lowest BCUT2D eigenvalue weighted by Crippen LogP contribution is -2.16. The van der Waals surface area contributed by atoms with Crippen LogP contribution in [0.15, 0.2) is 83.9 Å². The number of nitrogens with zero attached hydrogens (tertiary/aromatic N) is 1. The Morgan fingerprint density at radius 1 is 0.733 bits per heavy atom. The van der Waals surface area contributed by atoms with Crippen molar-refractivity contribution in [3.05, 3.63) is 95.6 Å². The molecule has 0 aliphatic heterocycles. The number of aliphatic imine (C=N–C) groups is 1. The Balaban J connectivity index is 1.73.